The number of phenols is 1. The van der Waals surface area contributed by atoms with Gasteiger partial charge < -0.3 is 43.3 Å². The van der Waals surface area contributed by atoms with E-state index >= 15 is 0 Å². The van der Waals surface area contributed by atoms with Crippen LogP contribution in [0, 0.1) is 23.7 Å². The fourth-order valence-corrected chi connectivity index (χ4v) is 8.11. The molecule has 356 valence electrons. The molecule has 3 aromatic carbocycles. The third-order valence-corrected chi connectivity index (χ3v) is 10.9. The van der Waals surface area contributed by atoms with Crippen molar-refractivity contribution in [1.82, 2.24) is 9.80 Å². The number of benzene rings is 3. The van der Waals surface area contributed by atoms with Gasteiger partial charge in [-0.15, -0.1) is 0 Å². The standard InChI is InChI=1S/C52H72N2O11/c1-49(2,3)62-45(56)43(38-19-21-53(30-38)47(58)64-51(7,8)9)25-34-15-13-17-36(23-34)32-60-41-27-40(55)28-42(29-41)61-33-37-18-14-16-35(24-37)26-44(46(57)63-50(4,5)6)39-20-22-54(31-39)48(59)65-52(10,11)12/h13-18,23-24,27-29,38-39,43-44,55H,19-22,25-26,30-33H2,1-12H3/t38-,39-,43-,44-/m0/s1. The molecular formula is C52H72N2O11. The molecule has 5 rings (SSSR count). The lowest BCUT2D eigenvalue weighted by Crippen LogP contribution is -2.38. The van der Waals surface area contributed by atoms with Gasteiger partial charge in [0.15, 0.2) is 0 Å². The minimum Gasteiger partial charge on any atom is -0.508 e. The maximum Gasteiger partial charge on any atom is 0.410 e. The van der Waals surface area contributed by atoms with E-state index < -0.39 is 34.2 Å². The third kappa shape index (κ3) is 16.5. The van der Waals surface area contributed by atoms with Crippen molar-refractivity contribution in [3.05, 3.63) is 89.0 Å². The lowest BCUT2D eigenvalue weighted by Gasteiger charge is -2.28. The van der Waals surface area contributed by atoms with E-state index in [0.717, 1.165) is 22.3 Å². The second-order valence-corrected chi connectivity index (χ2v) is 21.5. The molecule has 2 heterocycles. The molecule has 4 atom stereocenters. The summed E-state index contributed by atoms with van der Waals surface area (Å²) in [5, 5.41) is 10.7. The molecule has 0 aliphatic carbocycles. The monoisotopic (exact) mass is 901 g/mol. The zero-order valence-electron chi connectivity index (χ0n) is 40.7. The van der Waals surface area contributed by atoms with E-state index in [1.165, 1.54) is 12.1 Å². The maximum atomic E-state index is 13.6. The van der Waals surface area contributed by atoms with Crippen molar-refractivity contribution in [2.45, 2.75) is 144 Å². The van der Waals surface area contributed by atoms with Crippen molar-refractivity contribution in [2.75, 3.05) is 26.2 Å². The number of carbonyl (C=O) groups excluding carboxylic acids is 4. The highest BCUT2D eigenvalue weighted by Gasteiger charge is 2.41. The Morgan fingerprint density at radius 3 is 1.25 bits per heavy atom. The quantitative estimate of drug-likeness (QED) is 0.122. The highest BCUT2D eigenvalue weighted by molar-refractivity contribution is 5.75. The molecule has 0 saturated carbocycles. The first kappa shape index (κ1) is 50.5. The van der Waals surface area contributed by atoms with E-state index in [4.69, 9.17) is 28.4 Å². The molecule has 0 bridgehead atoms. The summed E-state index contributed by atoms with van der Waals surface area (Å²) < 4.78 is 35.3. The minimum atomic E-state index is -0.667. The van der Waals surface area contributed by atoms with Gasteiger partial charge in [-0.1, -0.05) is 48.5 Å². The molecule has 2 fully saturated rings. The fraction of sp³-hybridized carbons (Fsp3) is 0.577. The number of ether oxygens (including phenoxy) is 6. The van der Waals surface area contributed by atoms with E-state index in [-0.39, 0.29) is 54.9 Å². The van der Waals surface area contributed by atoms with Crippen molar-refractivity contribution >= 4 is 24.1 Å². The molecule has 1 N–H and O–H groups in total. The zero-order valence-corrected chi connectivity index (χ0v) is 40.7. The van der Waals surface area contributed by atoms with Crippen LogP contribution in [0.5, 0.6) is 17.2 Å². The predicted molar refractivity (Wildman–Crippen MR) is 248 cm³/mol. The van der Waals surface area contributed by atoms with Crippen molar-refractivity contribution in [3.63, 3.8) is 0 Å². The second-order valence-electron chi connectivity index (χ2n) is 21.5. The molecule has 0 radical (unpaired) electrons. The Morgan fingerprint density at radius 1 is 0.538 bits per heavy atom. The molecule has 13 heteroatoms. The molecule has 3 aromatic rings. The summed E-state index contributed by atoms with van der Waals surface area (Å²) in [7, 11) is 0. The number of nitrogens with zero attached hydrogens (tertiary/aromatic N) is 2. The van der Waals surface area contributed by atoms with E-state index in [9.17, 15) is 24.3 Å². The largest absolute Gasteiger partial charge is 0.508 e. The molecule has 2 saturated heterocycles. The Bertz CT molecular complexity index is 1980. The number of amides is 2. The number of aromatic hydroxyl groups is 1. The Hall–Kier alpha value is -5.46. The van der Waals surface area contributed by atoms with Crippen molar-refractivity contribution in [2.24, 2.45) is 23.7 Å². The third-order valence-electron chi connectivity index (χ3n) is 10.9. The summed E-state index contributed by atoms with van der Waals surface area (Å²) in [4.78, 5) is 56.4. The van der Waals surface area contributed by atoms with Crippen LogP contribution >= 0.6 is 0 Å². The molecule has 65 heavy (non-hydrogen) atoms. The second kappa shape index (κ2) is 20.8. The molecule has 2 amide bonds. The van der Waals surface area contributed by atoms with E-state index in [1.54, 1.807) is 15.9 Å². The molecule has 0 spiro atoms. The predicted octanol–water partition coefficient (Wildman–Crippen LogP) is 10.1. The van der Waals surface area contributed by atoms with E-state index in [1.807, 2.05) is 132 Å². The fourth-order valence-electron chi connectivity index (χ4n) is 8.11. The van der Waals surface area contributed by atoms with Crippen LogP contribution in [0.3, 0.4) is 0 Å². The Labute approximate surface area is 386 Å². The maximum absolute atomic E-state index is 13.6. The smallest absolute Gasteiger partial charge is 0.410 e. The van der Waals surface area contributed by atoms with Crippen molar-refractivity contribution in [1.29, 1.82) is 0 Å². The van der Waals surface area contributed by atoms with Crippen LogP contribution in [0.1, 0.15) is 118 Å². The van der Waals surface area contributed by atoms with Crippen LogP contribution in [0.15, 0.2) is 66.7 Å². The number of rotatable bonds is 14. The molecule has 2 aliphatic rings. The van der Waals surface area contributed by atoms with Crippen LogP contribution in [0.25, 0.3) is 0 Å². The topological polar surface area (TPSA) is 150 Å². The molecule has 0 unspecified atom stereocenters. The first-order valence-electron chi connectivity index (χ1n) is 22.9. The summed E-state index contributed by atoms with van der Waals surface area (Å²) in [5.41, 5.74) is 1.04. The lowest BCUT2D eigenvalue weighted by molar-refractivity contribution is -0.163. The highest BCUT2D eigenvalue weighted by atomic mass is 16.6. The van der Waals surface area contributed by atoms with Crippen LogP contribution in [0.4, 0.5) is 9.59 Å². The number of esters is 2. The summed E-state index contributed by atoms with van der Waals surface area (Å²) in [6.45, 7) is 24.3. The number of likely N-dealkylation sites (tertiary alicyclic amines) is 2. The number of hydrogen-bond donors (Lipinski definition) is 1. The summed E-state index contributed by atoms with van der Waals surface area (Å²) in [5.74, 6) is -0.931. The van der Waals surface area contributed by atoms with Crippen LogP contribution < -0.4 is 9.47 Å². The minimum absolute atomic E-state index is 0.0191. The van der Waals surface area contributed by atoms with E-state index in [0.29, 0.717) is 63.4 Å². The molecular weight excluding hydrogens is 829 g/mol. The van der Waals surface area contributed by atoms with Gasteiger partial charge in [0.25, 0.3) is 0 Å². The normalized spacial score (nSPS) is 17.8. The first-order chi connectivity index (χ1) is 30.2. The van der Waals surface area contributed by atoms with Gasteiger partial charge in [-0.05, 0) is 143 Å². The van der Waals surface area contributed by atoms with Crippen LogP contribution in [-0.4, -0.2) is 87.6 Å². The van der Waals surface area contributed by atoms with Gasteiger partial charge in [-0.2, -0.15) is 0 Å². The number of hydrogen-bond acceptors (Lipinski definition) is 11. The van der Waals surface area contributed by atoms with Crippen molar-refractivity contribution < 1.29 is 52.7 Å². The van der Waals surface area contributed by atoms with E-state index in [2.05, 4.69) is 0 Å². The van der Waals surface area contributed by atoms with Gasteiger partial charge in [0.05, 0.1) is 11.8 Å². The van der Waals surface area contributed by atoms with Gasteiger partial charge in [0, 0.05) is 44.4 Å². The highest BCUT2D eigenvalue weighted by Crippen LogP contribution is 2.34. The number of phenolic OH excluding ortho intramolecular Hbond substituents is 1. The van der Waals surface area contributed by atoms with Gasteiger partial charge >= 0.3 is 24.1 Å². The van der Waals surface area contributed by atoms with Crippen LogP contribution in [0.2, 0.25) is 0 Å². The van der Waals surface area contributed by atoms with Gasteiger partial charge in [0.1, 0.15) is 52.9 Å². The van der Waals surface area contributed by atoms with Crippen molar-refractivity contribution in [3.8, 4) is 17.2 Å². The Balaban J connectivity index is 1.22. The summed E-state index contributed by atoms with van der Waals surface area (Å²) in [6.07, 6.45) is 1.41. The molecule has 0 aromatic heterocycles. The Morgan fingerprint density at radius 2 is 0.892 bits per heavy atom. The Kier molecular flexibility index (Phi) is 16.2. The zero-order chi connectivity index (χ0) is 47.9. The van der Waals surface area contributed by atoms with Crippen LogP contribution in [-0.2, 0) is 54.6 Å². The van der Waals surface area contributed by atoms with Gasteiger partial charge in [-0.3, -0.25) is 9.59 Å². The summed E-state index contributed by atoms with van der Waals surface area (Å²) in [6, 6.07) is 20.5. The summed E-state index contributed by atoms with van der Waals surface area (Å²) >= 11 is 0. The lowest BCUT2D eigenvalue weighted by atomic mass is 9.85. The molecule has 13 nitrogen and oxygen atoms in total. The SMILES string of the molecule is CC(C)(C)OC(=O)[C@@H](Cc1cccc(COc2cc(O)cc(OCc3cccc(C[C@H](C(=O)OC(C)(C)C)[C@H]4CCN(C(=O)OC(C)(C)C)C4)c3)c2)c1)[C@H]1CCN(C(=O)OC(C)(C)C)C1. The first-order valence-corrected chi connectivity index (χ1v) is 22.9. The van der Waals surface area contributed by atoms with Gasteiger partial charge in [-0.25, -0.2) is 9.59 Å². The molecule has 2 aliphatic heterocycles. The number of carbonyl (C=O) groups is 4. The van der Waals surface area contributed by atoms with Gasteiger partial charge in [0.2, 0.25) is 0 Å². The average Bonchev–Trinajstić information content (AvgIpc) is 3.87. The average molecular weight is 901 g/mol.